The predicted octanol–water partition coefficient (Wildman–Crippen LogP) is 6.17. The molecule has 0 spiro atoms. The molecular formula is C24H23NO3S. The summed E-state index contributed by atoms with van der Waals surface area (Å²) in [7, 11) is 0. The molecule has 0 amide bonds. The van der Waals surface area contributed by atoms with Crippen molar-refractivity contribution in [3.63, 3.8) is 0 Å². The Balaban J connectivity index is 1.54. The molecule has 0 saturated carbocycles. The van der Waals surface area contributed by atoms with Crippen LogP contribution in [0.25, 0.3) is 21.7 Å². The van der Waals surface area contributed by atoms with E-state index in [1.165, 1.54) is 0 Å². The molecule has 0 radical (unpaired) electrons. The van der Waals surface area contributed by atoms with E-state index in [4.69, 9.17) is 14.1 Å². The lowest BCUT2D eigenvalue weighted by Crippen LogP contribution is -2.11. The molecule has 0 atom stereocenters. The highest BCUT2D eigenvalue weighted by atomic mass is 32.1. The average Bonchev–Trinajstić information content (AvgIpc) is 3.34. The van der Waals surface area contributed by atoms with Gasteiger partial charge in [-0.25, -0.2) is 4.98 Å². The van der Waals surface area contributed by atoms with Crippen LogP contribution in [0.3, 0.4) is 0 Å². The van der Waals surface area contributed by atoms with Crippen molar-refractivity contribution < 1.29 is 13.9 Å². The average molecular weight is 406 g/mol. The van der Waals surface area contributed by atoms with Gasteiger partial charge in [-0.2, -0.15) is 0 Å². The van der Waals surface area contributed by atoms with E-state index in [0.29, 0.717) is 13.0 Å². The molecule has 4 aromatic rings. The molecule has 0 saturated heterocycles. The maximum absolute atomic E-state index is 10.9. The first-order chi connectivity index (χ1) is 13.9. The zero-order chi connectivity index (χ0) is 20.4. The smallest absolute Gasteiger partial charge is 0.164 e. The van der Waals surface area contributed by atoms with Gasteiger partial charge in [0.25, 0.3) is 0 Å². The molecule has 29 heavy (non-hydrogen) atoms. The number of nitrogens with zero attached hydrogens (tertiary/aromatic N) is 1. The van der Waals surface area contributed by atoms with Crippen LogP contribution in [-0.4, -0.2) is 11.3 Å². The van der Waals surface area contributed by atoms with E-state index in [2.05, 4.69) is 26.2 Å². The van der Waals surface area contributed by atoms with E-state index < -0.39 is 0 Å². The zero-order valence-corrected chi connectivity index (χ0v) is 17.6. The molecule has 2 aromatic heterocycles. The zero-order valence-electron chi connectivity index (χ0n) is 16.8. The number of thiazole rings is 1. The van der Waals surface area contributed by atoms with Crippen LogP contribution >= 0.6 is 11.3 Å². The van der Waals surface area contributed by atoms with Gasteiger partial charge in [-0.1, -0.05) is 45.0 Å². The van der Waals surface area contributed by atoms with E-state index in [1.807, 2.05) is 48.5 Å². The Hall–Kier alpha value is -2.92. The van der Waals surface area contributed by atoms with Crippen molar-refractivity contribution in [2.24, 2.45) is 0 Å². The van der Waals surface area contributed by atoms with Gasteiger partial charge < -0.3 is 13.9 Å². The number of aromatic nitrogens is 1. The van der Waals surface area contributed by atoms with Crippen molar-refractivity contribution in [3.8, 4) is 16.5 Å². The molecule has 0 aliphatic heterocycles. The van der Waals surface area contributed by atoms with Gasteiger partial charge in [0.05, 0.1) is 5.69 Å². The number of ether oxygens (including phenoxy) is 1. The van der Waals surface area contributed by atoms with E-state index in [0.717, 1.165) is 50.6 Å². The Kier molecular flexibility index (Phi) is 5.24. The van der Waals surface area contributed by atoms with Gasteiger partial charge in [0.15, 0.2) is 10.8 Å². The number of carbonyl (C=O) groups excluding carboxylic acids is 1. The third-order valence-electron chi connectivity index (χ3n) is 4.79. The molecule has 0 N–H and O–H groups in total. The van der Waals surface area contributed by atoms with Gasteiger partial charge in [0.1, 0.15) is 24.2 Å². The van der Waals surface area contributed by atoms with Crippen molar-refractivity contribution >= 4 is 28.6 Å². The van der Waals surface area contributed by atoms with Crippen molar-refractivity contribution in [2.75, 3.05) is 0 Å². The topological polar surface area (TPSA) is 52.3 Å². The summed E-state index contributed by atoms with van der Waals surface area (Å²) >= 11 is 1.60. The number of hydrogen-bond acceptors (Lipinski definition) is 5. The van der Waals surface area contributed by atoms with Gasteiger partial charge in [0, 0.05) is 22.6 Å². The van der Waals surface area contributed by atoms with Gasteiger partial charge in [-0.15, -0.1) is 11.3 Å². The minimum absolute atomic E-state index is 0.0158. The summed E-state index contributed by atoms with van der Waals surface area (Å²) in [6.45, 7) is 6.88. The summed E-state index contributed by atoms with van der Waals surface area (Å²) in [6, 6.07) is 15.6. The molecule has 148 valence electrons. The summed E-state index contributed by atoms with van der Waals surface area (Å²) in [6.07, 6.45) is 1.32. The summed E-state index contributed by atoms with van der Waals surface area (Å²) in [5.74, 6) is 1.54. The van der Waals surface area contributed by atoms with Gasteiger partial charge in [-0.3, -0.25) is 0 Å². The van der Waals surface area contributed by atoms with Crippen LogP contribution in [0.5, 0.6) is 5.75 Å². The number of benzene rings is 2. The highest BCUT2D eigenvalue weighted by molar-refractivity contribution is 7.13. The number of aldehydes is 1. The first-order valence-corrected chi connectivity index (χ1v) is 10.5. The quantitative estimate of drug-likeness (QED) is 0.360. The lowest BCUT2D eigenvalue weighted by molar-refractivity contribution is -0.107. The van der Waals surface area contributed by atoms with E-state index in [1.54, 1.807) is 11.3 Å². The molecule has 2 heterocycles. The molecule has 0 aliphatic rings. The van der Waals surface area contributed by atoms with E-state index in [9.17, 15) is 4.79 Å². The number of carbonyl (C=O) groups is 1. The molecule has 0 unspecified atom stereocenters. The van der Waals surface area contributed by atoms with Crippen LogP contribution in [-0.2, 0) is 23.2 Å². The second-order valence-electron chi connectivity index (χ2n) is 8.03. The Morgan fingerprint density at radius 2 is 1.90 bits per heavy atom. The van der Waals surface area contributed by atoms with Crippen LogP contribution in [0.15, 0.2) is 58.3 Å². The molecule has 2 aromatic carbocycles. The maximum Gasteiger partial charge on any atom is 0.164 e. The minimum Gasteiger partial charge on any atom is -0.489 e. The molecule has 4 rings (SSSR count). The van der Waals surface area contributed by atoms with E-state index >= 15 is 0 Å². The Morgan fingerprint density at radius 3 is 2.62 bits per heavy atom. The molecule has 4 nitrogen and oxygen atoms in total. The van der Waals surface area contributed by atoms with Crippen molar-refractivity contribution in [2.45, 2.75) is 39.2 Å². The number of hydrogen-bond donors (Lipinski definition) is 0. The highest BCUT2D eigenvalue weighted by Crippen LogP contribution is 2.34. The van der Waals surface area contributed by atoms with Crippen molar-refractivity contribution in [1.82, 2.24) is 4.98 Å². The van der Waals surface area contributed by atoms with Gasteiger partial charge >= 0.3 is 0 Å². The Labute approximate surface area is 174 Å². The van der Waals surface area contributed by atoms with Crippen LogP contribution < -0.4 is 4.74 Å². The van der Waals surface area contributed by atoms with Crippen LogP contribution in [0.4, 0.5) is 0 Å². The fraction of sp³-hybridized carbons (Fsp3) is 0.250. The van der Waals surface area contributed by atoms with E-state index in [-0.39, 0.29) is 5.41 Å². The summed E-state index contributed by atoms with van der Waals surface area (Å²) in [4.78, 5) is 15.6. The molecule has 0 fully saturated rings. The number of furan rings is 1. The first kappa shape index (κ1) is 19.4. The monoisotopic (exact) mass is 405 g/mol. The molecule has 5 heteroatoms. The number of rotatable bonds is 6. The standard InChI is InChI=1S/C24H23NO3S/c1-24(2,3)22-15-29-23(25-22)21-13-18-12-19(8-9-20(18)28-21)27-14-17-7-5-4-6-16(17)10-11-26/h4-9,11-13,15H,10,14H2,1-3H3. The highest BCUT2D eigenvalue weighted by Gasteiger charge is 2.19. The van der Waals surface area contributed by atoms with Crippen molar-refractivity contribution in [3.05, 3.63) is 70.7 Å². The summed E-state index contributed by atoms with van der Waals surface area (Å²) in [5.41, 5.74) is 3.90. The minimum atomic E-state index is 0.0158. The summed E-state index contributed by atoms with van der Waals surface area (Å²) in [5, 5.41) is 3.95. The van der Waals surface area contributed by atoms with Crippen LogP contribution in [0.2, 0.25) is 0 Å². The second kappa shape index (κ2) is 7.84. The Bertz CT molecular complexity index is 1150. The SMILES string of the molecule is CC(C)(C)c1csc(-c2cc3cc(OCc4ccccc4CC=O)ccc3o2)n1. The molecular weight excluding hydrogens is 382 g/mol. The predicted molar refractivity (Wildman–Crippen MR) is 117 cm³/mol. The summed E-state index contributed by atoms with van der Waals surface area (Å²) < 4.78 is 12.0. The first-order valence-electron chi connectivity index (χ1n) is 9.57. The van der Waals surface area contributed by atoms with Gasteiger partial charge in [-0.05, 0) is 35.4 Å². The lowest BCUT2D eigenvalue weighted by atomic mass is 9.93. The third-order valence-corrected chi connectivity index (χ3v) is 5.64. The molecule has 0 aliphatic carbocycles. The second-order valence-corrected chi connectivity index (χ2v) is 8.88. The lowest BCUT2D eigenvalue weighted by Gasteiger charge is -2.13. The fourth-order valence-corrected chi connectivity index (χ4v) is 4.09. The Morgan fingerprint density at radius 1 is 1.10 bits per heavy atom. The largest absolute Gasteiger partial charge is 0.489 e. The van der Waals surface area contributed by atoms with Gasteiger partial charge in [0.2, 0.25) is 0 Å². The van der Waals surface area contributed by atoms with Crippen LogP contribution in [0, 0.1) is 0 Å². The maximum atomic E-state index is 10.9. The third kappa shape index (κ3) is 4.25. The normalized spacial score (nSPS) is 11.7. The number of fused-ring (bicyclic) bond motifs is 1. The fourth-order valence-electron chi connectivity index (χ4n) is 3.10. The molecule has 0 bridgehead atoms. The van der Waals surface area contributed by atoms with Crippen LogP contribution in [0.1, 0.15) is 37.6 Å². The van der Waals surface area contributed by atoms with Crippen molar-refractivity contribution in [1.29, 1.82) is 0 Å².